The highest BCUT2D eigenvalue weighted by molar-refractivity contribution is 5.97. The summed E-state index contributed by atoms with van der Waals surface area (Å²) in [4.78, 5) is 26.7. The van der Waals surface area contributed by atoms with Crippen molar-refractivity contribution in [2.45, 2.75) is 51.2 Å². The van der Waals surface area contributed by atoms with Crippen LogP contribution in [0.1, 0.15) is 50.3 Å². The van der Waals surface area contributed by atoms with E-state index in [-0.39, 0.29) is 24.0 Å². The number of carbonyl (C=O) groups excluding carboxylic acids is 1. The van der Waals surface area contributed by atoms with E-state index in [1.54, 1.807) is 0 Å². The first-order valence-electron chi connectivity index (χ1n) is 13.0. The van der Waals surface area contributed by atoms with Crippen LogP contribution in [0.25, 0.3) is 21.9 Å². The van der Waals surface area contributed by atoms with Crippen molar-refractivity contribution in [1.82, 2.24) is 14.9 Å². The monoisotopic (exact) mass is 481 g/mol. The van der Waals surface area contributed by atoms with Gasteiger partial charge in [0.1, 0.15) is 11.9 Å². The van der Waals surface area contributed by atoms with E-state index in [4.69, 9.17) is 9.72 Å². The molecule has 3 aliphatic rings. The third-order valence-electron chi connectivity index (χ3n) is 7.73. The summed E-state index contributed by atoms with van der Waals surface area (Å²) < 4.78 is 5.64. The highest BCUT2D eigenvalue weighted by Gasteiger charge is 2.47. The number of ether oxygens (including phenoxy) is 1. The number of carbonyl (C=O) groups is 1. The van der Waals surface area contributed by atoms with Gasteiger partial charge in [-0.2, -0.15) is 5.26 Å². The number of nitriles is 1. The van der Waals surface area contributed by atoms with Gasteiger partial charge in [-0.1, -0.05) is 18.2 Å². The maximum absolute atomic E-state index is 13.0. The number of piperazine rings is 1. The second kappa shape index (κ2) is 9.18. The number of nitrogens with zero attached hydrogens (tertiary/aromatic N) is 5. The minimum Gasteiger partial charge on any atom is -0.378 e. The fraction of sp³-hybridized carbons (Fsp3) is 0.448. The average molecular weight is 482 g/mol. The second-order valence-electron chi connectivity index (χ2n) is 10.2. The van der Waals surface area contributed by atoms with Crippen molar-refractivity contribution in [2.75, 3.05) is 31.1 Å². The molecule has 7 heteroatoms. The molecule has 6 rings (SSSR count). The van der Waals surface area contributed by atoms with Crippen molar-refractivity contribution in [3.05, 3.63) is 54.0 Å². The number of aromatic nitrogens is 2. The average Bonchev–Trinajstić information content (AvgIpc) is 3.83. The van der Waals surface area contributed by atoms with E-state index in [1.165, 1.54) is 0 Å². The highest BCUT2D eigenvalue weighted by Crippen LogP contribution is 2.46. The van der Waals surface area contributed by atoms with Crippen LogP contribution in [0.5, 0.6) is 0 Å². The van der Waals surface area contributed by atoms with Crippen LogP contribution >= 0.6 is 0 Å². The van der Waals surface area contributed by atoms with Gasteiger partial charge in [0, 0.05) is 61.5 Å². The summed E-state index contributed by atoms with van der Waals surface area (Å²) >= 11 is 0. The summed E-state index contributed by atoms with van der Waals surface area (Å²) in [7, 11) is 0. The Kier molecular flexibility index (Phi) is 5.85. The first-order valence-corrected chi connectivity index (χ1v) is 13.0. The van der Waals surface area contributed by atoms with Gasteiger partial charge in [-0.3, -0.25) is 9.78 Å². The largest absolute Gasteiger partial charge is 0.378 e. The summed E-state index contributed by atoms with van der Waals surface area (Å²) in [6.45, 7) is 6.69. The molecule has 1 unspecified atom stereocenters. The van der Waals surface area contributed by atoms with Crippen molar-refractivity contribution in [3.63, 3.8) is 0 Å². The molecule has 1 saturated heterocycles. The molecule has 0 spiro atoms. The molecule has 0 radical (unpaired) electrons. The van der Waals surface area contributed by atoms with Gasteiger partial charge >= 0.3 is 0 Å². The fourth-order valence-corrected chi connectivity index (χ4v) is 5.60. The van der Waals surface area contributed by atoms with Gasteiger partial charge in [0.25, 0.3) is 0 Å². The molecule has 0 bridgehead atoms. The third-order valence-corrected chi connectivity index (χ3v) is 7.73. The summed E-state index contributed by atoms with van der Waals surface area (Å²) in [5.41, 5.74) is 3.82. The molecule has 7 nitrogen and oxygen atoms in total. The van der Waals surface area contributed by atoms with E-state index < -0.39 is 0 Å². The van der Waals surface area contributed by atoms with E-state index in [0.717, 1.165) is 52.7 Å². The van der Waals surface area contributed by atoms with Crippen LogP contribution in [0.4, 0.5) is 5.82 Å². The summed E-state index contributed by atoms with van der Waals surface area (Å²) in [5.74, 6) is 1.38. The molecule has 1 aromatic carbocycles. The Bertz CT molecular complexity index is 1360. The van der Waals surface area contributed by atoms with Crippen LogP contribution in [0.3, 0.4) is 0 Å². The van der Waals surface area contributed by atoms with E-state index in [2.05, 4.69) is 35.0 Å². The van der Waals surface area contributed by atoms with Crippen LogP contribution in [0.15, 0.2) is 42.7 Å². The number of anilines is 1. The van der Waals surface area contributed by atoms with Crippen molar-refractivity contribution >= 4 is 22.5 Å². The molecule has 1 amide bonds. The Labute approximate surface area is 211 Å². The SMILES string of the molecule is CCO[C@H]1CC1C(=O)N1CCN(c2nc(C3CC3)c(-c3cccc4cnccc34)cc2C#N)C[C@H]1C. The Hall–Kier alpha value is -3.50. The van der Waals surface area contributed by atoms with Crippen molar-refractivity contribution in [1.29, 1.82) is 5.26 Å². The lowest BCUT2D eigenvalue weighted by Gasteiger charge is -2.41. The van der Waals surface area contributed by atoms with Crippen LogP contribution in [0, 0.1) is 17.2 Å². The van der Waals surface area contributed by atoms with Crippen molar-refractivity contribution in [3.8, 4) is 17.2 Å². The zero-order valence-corrected chi connectivity index (χ0v) is 20.9. The lowest BCUT2D eigenvalue weighted by atomic mass is 9.95. The van der Waals surface area contributed by atoms with Crippen LogP contribution in [-0.2, 0) is 9.53 Å². The van der Waals surface area contributed by atoms with E-state index in [0.29, 0.717) is 37.7 Å². The van der Waals surface area contributed by atoms with Crippen LogP contribution in [-0.4, -0.2) is 59.2 Å². The second-order valence-corrected chi connectivity index (χ2v) is 10.2. The Balaban J connectivity index is 1.31. The fourth-order valence-electron chi connectivity index (χ4n) is 5.60. The number of hydrogen-bond donors (Lipinski definition) is 0. The highest BCUT2D eigenvalue weighted by atomic mass is 16.5. The maximum Gasteiger partial charge on any atom is 0.228 e. The van der Waals surface area contributed by atoms with Gasteiger partial charge < -0.3 is 14.5 Å². The number of hydrogen-bond acceptors (Lipinski definition) is 6. The quantitative estimate of drug-likeness (QED) is 0.515. The molecule has 2 aliphatic carbocycles. The Morgan fingerprint density at radius 3 is 2.83 bits per heavy atom. The van der Waals surface area contributed by atoms with Crippen LogP contribution in [0.2, 0.25) is 0 Å². The Morgan fingerprint density at radius 1 is 1.22 bits per heavy atom. The van der Waals surface area contributed by atoms with E-state index in [1.807, 2.05) is 42.4 Å². The van der Waals surface area contributed by atoms with E-state index >= 15 is 0 Å². The molecule has 2 saturated carbocycles. The molecule has 3 atom stereocenters. The lowest BCUT2D eigenvalue weighted by Crippen LogP contribution is -2.55. The molecule has 3 aromatic rings. The van der Waals surface area contributed by atoms with Gasteiger partial charge in [0.15, 0.2) is 0 Å². The molecular formula is C29H31N5O2. The number of rotatable bonds is 6. The van der Waals surface area contributed by atoms with Gasteiger partial charge in [0.05, 0.1) is 23.3 Å². The first-order chi connectivity index (χ1) is 17.6. The zero-order chi connectivity index (χ0) is 24.8. The molecule has 36 heavy (non-hydrogen) atoms. The maximum atomic E-state index is 13.0. The van der Waals surface area contributed by atoms with Gasteiger partial charge in [-0.15, -0.1) is 0 Å². The summed E-state index contributed by atoms with van der Waals surface area (Å²) in [6.07, 6.45) is 6.85. The standard InChI is InChI=1S/C29H31N5O2/c1-3-36-26-14-25(26)29(35)34-12-11-33(17-18(34)2)28-21(15-30)13-24(27(32-28)19-7-8-19)23-6-4-5-20-16-31-10-9-22(20)23/h4-6,9-10,13,16,18-19,25-26H,3,7-8,11-12,14,17H2,1-2H3/t18-,25?,26+/m1/s1. The summed E-state index contributed by atoms with van der Waals surface area (Å²) in [6, 6.07) is 12.8. The minimum atomic E-state index is 0.00314. The zero-order valence-electron chi connectivity index (χ0n) is 20.9. The normalized spacial score (nSPS) is 23.5. The third kappa shape index (κ3) is 4.10. The van der Waals surface area contributed by atoms with Crippen molar-refractivity contribution in [2.24, 2.45) is 5.92 Å². The molecular weight excluding hydrogens is 450 g/mol. The number of pyridine rings is 2. The van der Waals surface area contributed by atoms with Gasteiger partial charge in [-0.05, 0) is 56.2 Å². The van der Waals surface area contributed by atoms with Gasteiger partial charge in [-0.25, -0.2) is 4.98 Å². The molecule has 0 N–H and O–H groups in total. The molecule has 1 aliphatic heterocycles. The molecule has 2 aromatic heterocycles. The molecule has 3 fully saturated rings. The van der Waals surface area contributed by atoms with Crippen molar-refractivity contribution < 1.29 is 9.53 Å². The minimum absolute atomic E-state index is 0.00314. The number of fused-ring (bicyclic) bond motifs is 1. The molecule has 3 heterocycles. The van der Waals surface area contributed by atoms with E-state index in [9.17, 15) is 10.1 Å². The summed E-state index contributed by atoms with van der Waals surface area (Å²) in [5, 5.41) is 12.3. The number of benzene rings is 1. The lowest BCUT2D eigenvalue weighted by molar-refractivity contribution is -0.136. The topological polar surface area (TPSA) is 82.3 Å². The van der Waals surface area contributed by atoms with Crippen LogP contribution < -0.4 is 4.90 Å². The number of amides is 1. The van der Waals surface area contributed by atoms with Gasteiger partial charge in [0.2, 0.25) is 5.91 Å². The predicted molar refractivity (Wildman–Crippen MR) is 139 cm³/mol. The molecule has 184 valence electrons. The smallest absolute Gasteiger partial charge is 0.228 e. The first kappa shape index (κ1) is 22.9. The Morgan fingerprint density at radius 2 is 2.08 bits per heavy atom. The predicted octanol–water partition coefficient (Wildman–Crippen LogP) is 4.51.